The molecule has 0 aromatic heterocycles. The van der Waals surface area contributed by atoms with Gasteiger partial charge in [0.15, 0.2) is 0 Å². The molecule has 0 aliphatic carbocycles. The average Bonchev–Trinajstić information content (AvgIpc) is 2.43. The van der Waals surface area contributed by atoms with E-state index >= 15 is 0 Å². The Morgan fingerprint density at radius 1 is 1.15 bits per heavy atom. The number of hydrogen-bond donors (Lipinski definition) is 2. The molecule has 0 heterocycles. The zero-order chi connectivity index (χ0) is 15.0. The quantitative estimate of drug-likeness (QED) is 0.738. The van der Waals surface area contributed by atoms with E-state index in [2.05, 4.69) is 15.4 Å². The monoisotopic (exact) mass is 278 g/mol. The van der Waals surface area contributed by atoms with E-state index < -0.39 is 11.9 Å². The minimum absolute atomic E-state index is 0.188. The smallest absolute Gasteiger partial charge is 0.325 e. The van der Waals surface area contributed by atoms with Gasteiger partial charge in [-0.15, -0.1) is 0 Å². The summed E-state index contributed by atoms with van der Waals surface area (Å²) in [6.45, 7) is 3.43. The number of amides is 2. The lowest BCUT2D eigenvalue weighted by molar-refractivity contribution is -0.143. The predicted octanol–water partition coefficient (Wildman–Crippen LogP) is 0.404. The number of benzene rings is 1. The number of esters is 1. The van der Waals surface area contributed by atoms with Crippen molar-refractivity contribution in [2.45, 2.75) is 13.8 Å². The van der Waals surface area contributed by atoms with Crippen LogP contribution in [0, 0.1) is 6.92 Å². The molecule has 0 spiro atoms. The number of carbonyl (C=O) groups is 3. The summed E-state index contributed by atoms with van der Waals surface area (Å²) in [5, 5.41) is 4.84. The van der Waals surface area contributed by atoms with Gasteiger partial charge in [-0.3, -0.25) is 14.4 Å². The molecule has 0 atom stereocenters. The van der Waals surface area contributed by atoms with Crippen LogP contribution in [0.4, 0.5) is 0 Å². The normalized spacial score (nSPS) is 9.70. The molecule has 0 saturated heterocycles. The van der Waals surface area contributed by atoms with Gasteiger partial charge < -0.3 is 15.4 Å². The second-order valence-corrected chi connectivity index (χ2v) is 4.13. The topological polar surface area (TPSA) is 84.5 Å². The van der Waals surface area contributed by atoms with E-state index in [1.807, 2.05) is 13.0 Å². The molecular weight excluding hydrogens is 260 g/mol. The maximum Gasteiger partial charge on any atom is 0.325 e. The SMILES string of the molecule is CCOC(=O)CNC(=O)CNC(=O)c1cccc(C)c1. The first-order valence-corrected chi connectivity index (χ1v) is 6.30. The van der Waals surface area contributed by atoms with Crippen LogP contribution in [0.5, 0.6) is 0 Å². The van der Waals surface area contributed by atoms with Gasteiger partial charge in [0, 0.05) is 5.56 Å². The second-order valence-electron chi connectivity index (χ2n) is 4.13. The van der Waals surface area contributed by atoms with Gasteiger partial charge in [0.1, 0.15) is 6.54 Å². The van der Waals surface area contributed by atoms with Crippen LogP contribution in [0.1, 0.15) is 22.8 Å². The van der Waals surface area contributed by atoms with E-state index in [0.29, 0.717) is 5.56 Å². The molecule has 6 heteroatoms. The van der Waals surface area contributed by atoms with Gasteiger partial charge in [0.2, 0.25) is 5.91 Å². The van der Waals surface area contributed by atoms with E-state index in [1.165, 1.54) is 0 Å². The summed E-state index contributed by atoms with van der Waals surface area (Å²) in [5.74, 6) is -1.29. The third kappa shape index (κ3) is 5.51. The molecule has 1 aromatic rings. The van der Waals surface area contributed by atoms with Gasteiger partial charge in [-0.1, -0.05) is 17.7 Å². The fourth-order valence-corrected chi connectivity index (χ4v) is 1.49. The zero-order valence-electron chi connectivity index (χ0n) is 11.6. The first kappa shape index (κ1) is 15.7. The van der Waals surface area contributed by atoms with E-state index in [4.69, 9.17) is 0 Å². The maximum atomic E-state index is 11.8. The highest BCUT2D eigenvalue weighted by atomic mass is 16.5. The lowest BCUT2D eigenvalue weighted by atomic mass is 10.1. The summed E-state index contributed by atoms with van der Waals surface area (Å²) in [6, 6.07) is 7.04. The largest absolute Gasteiger partial charge is 0.465 e. The number of carbonyl (C=O) groups excluding carboxylic acids is 3. The van der Waals surface area contributed by atoms with Gasteiger partial charge in [0.05, 0.1) is 13.2 Å². The Morgan fingerprint density at radius 3 is 2.55 bits per heavy atom. The Kier molecular flexibility index (Phi) is 6.22. The molecule has 2 N–H and O–H groups in total. The number of hydrogen-bond acceptors (Lipinski definition) is 4. The molecule has 0 bridgehead atoms. The molecule has 0 saturated carbocycles. The van der Waals surface area contributed by atoms with Crippen LogP contribution in [-0.2, 0) is 14.3 Å². The molecule has 1 rings (SSSR count). The van der Waals surface area contributed by atoms with Gasteiger partial charge in [-0.05, 0) is 26.0 Å². The lowest BCUT2D eigenvalue weighted by Crippen LogP contribution is -2.39. The first-order valence-electron chi connectivity index (χ1n) is 6.30. The van der Waals surface area contributed by atoms with E-state index in [9.17, 15) is 14.4 Å². The predicted molar refractivity (Wildman–Crippen MR) is 73.2 cm³/mol. The van der Waals surface area contributed by atoms with Gasteiger partial charge in [-0.2, -0.15) is 0 Å². The Bertz CT molecular complexity index is 500. The van der Waals surface area contributed by atoms with Crippen molar-refractivity contribution in [2.24, 2.45) is 0 Å². The summed E-state index contributed by atoms with van der Waals surface area (Å²) in [4.78, 5) is 34.2. The third-order valence-electron chi connectivity index (χ3n) is 2.42. The molecule has 0 radical (unpaired) electrons. The maximum absolute atomic E-state index is 11.8. The number of rotatable bonds is 6. The molecule has 0 aliphatic heterocycles. The van der Waals surface area contributed by atoms with E-state index in [-0.39, 0.29) is 25.6 Å². The molecule has 6 nitrogen and oxygen atoms in total. The standard InChI is InChI=1S/C14H18N2O4/c1-3-20-13(18)9-15-12(17)8-16-14(19)11-6-4-5-10(2)7-11/h4-7H,3,8-9H2,1-2H3,(H,15,17)(H,16,19). The van der Waals surface area contributed by atoms with Crippen molar-refractivity contribution in [3.63, 3.8) is 0 Å². The summed E-state index contributed by atoms with van der Waals surface area (Å²) >= 11 is 0. The summed E-state index contributed by atoms with van der Waals surface area (Å²) < 4.78 is 4.66. The number of ether oxygens (including phenoxy) is 1. The van der Waals surface area contributed by atoms with Gasteiger partial charge in [0.25, 0.3) is 5.91 Å². The number of aryl methyl sites for hydroxylation is 1. The Balaban J connectivity index is 2.34. The highest BCUT2D eigenvalue weighted by Gasteiger charge is 2.09. The second kappa shape index (κ2) is 7.93. The van der Waals surface area contributed by atoms with Crippen molar-refractivity contribution in [3.05, 3.63) is 35.4 Å². The summed E-state index contributed by atoms with van der Waals surface area (Å²) in [6.07, 6.45) is 0. The third-order valence-corrected chi connectivity index (χ3v) is 2.42. The van der Waals surface area contributed by atoms with E-state index in [1.54, 1.807) is 25.1 Å². The average molecular weight is 278 g/mol. The van der Waals surface area contributed by atoms with Crippen LogP contribution >= 0.6 is 0 Å². The molecule has 0 fully saturated rings. The van der Waals surface area contributed by atoms with Crippen molar-refractivity contribution < 1.29 is 19.1 Å². The van der Waals surface area contributed by atoms with Crippen LogP contribution in [0.15, 0.2) is 24.3 Å². The molecule has 1 aromatic carbocycles. The molecule has 108 valence electrons. The van der Waals surface area contributed by atoms with Crippen molar-refractivity contribution in [2.75, 3.05) is 19.7 Å². The minimum atomic E-state index is -0.508. The van der Waals surface area contributed by atoms with E-state index in [0.717, 1.165) is 5.56 Å². The zero-order valence-corrected chi connectivity index (χ0v) is 11.6. The number of nitrogens with one attached hydrogen (secondary N) is 2. The molecule has 2 amide bonds. The van der Waals surface area contributed by atoms with Gasteiger partial charge in [-0.25, -0.2) is 0 Å². The summed E-state index contributed by atoms with van der Waals surface area (Å²) in [5.41, 5.74) is 1.45. The van der Waals surface area contributed by atoms with Crippen molar-refractivity contribution in [3.8, 4) is 0 Å². The fourth-order valence-electron chi connectivity index (χ4n) is 1.49. The molecule has 0 aliphatic rings. The van der Waals surface area contributed by atoms with Crippen LogP contribution in [0.25, 0.3) is 0 Å². The highest BCUT2D eigenvalue weighted by molar-refractivity contribution is 5.96. The van der Waals surface area contributed by atoms with Gasteiger partial charge >= 0.3 is 5.97 Å². The molecular formula is C14H18N2O4. The lowest BCUT2D eigenvalue weighted by Gasteiger charge is -2.07. The van der Waals surface area contributed by atoms with Crippen LogP contribution < -0.4 is 10.6 Å². The van der Waals surface area contributed by atoms with Crippen LogP contribution in [0.2, 0.25) is 0 Å². The highest BCUT2D eigenvalue weighted by Crippen LogP contribution is 2.03. The fraction of sp³-hybridized carbons (Fsp3) is 0.357. The Morgan fingerprint density at radius 2 is 1.90 bits per heavy atom. The summed E-state index contributed by atoms with van der Waals surface area (Å²) in [7, 11) is 0. The molecule has 20 heavy (non-hydrogen) atoms. The van der Waals surface area contributed by atoms with Crippen LogP contribution in [-0.4, -0.2) is 37.5 Å². The Labute approximate surface area is 117 Å². The van der Waals surface area contributed by atoms with Crippen LogP contribution in [0.3, 0.4) is 0 Å². The minimum Gasteiger partial charge on any atom is -0.465 e. The first-order chi connectivity index (χ1) is 9.52. The molecule has 0 unspecified atom stereocenters. The van der Waals surface area contributed by atoms with Crippen molar-refractivity contribution in [1.82, 2.24) is 10.6 Å². The Hall–Kier alpha value is -2.37. The van der Waals surface area contributed by atoms with Crippen molar-refractivity contribution in [1.29, 1.82) is 0 Å². The van der Waals surface area contributed by atoms with Crippen molar-refractivity contribution >= 4 is 17.8 Å².